The minimum atomic E-state index is -0.352. The van der Waals surface area contributed by atoms with Gasteiger partial charge in [0, 0.05) is 24.1 Å². The largest absolute Gasteiger partial charge is 0.508 e. The molecule has 1 aromatic rings. The quantitative estimate of drug-likeness (QED) is 0.724. The van der Waals surface area contributed by atoms with Gasteiger partial charge in [0.2, 0.25) is 0 Å². The Morgan fingerprint density at radius 3 is 2.29 bits per heavy atom. The van der Waals surface area contributed by atoms with Gasteiger partial charge in [-0.2, -0.15) is 0 Å². The number of hydrogen-bond donors (Lipinski definition) is 3. The first-order chi connectivity index (χ1) is 7.84. The maximum atomic E-state index is 11.7. The summed E-state index contributed by atoms with van der Waals surface area (Å²) in [5.74, 6) is -0.216. The maximum Gasteiger partial charge on any atom is 0.251 e. The van der Waals surface area contributed by atoms with E-state index in [1.54, 1.807) is 0 Å². The number of alkyl halides is 1. The van der Waals surface area contributed by atoms with Gasteiger partial charge < -0.3 is 15.5 Å². The summed E-state index contributed by atoms with van der Waals surface area (Å²) >= 11 is 5.74. The zero-order valence-electron chi connectivity index (χ0n) is 9.83. The van der Waals surface area contributed by atoms with E-state index < -0.39 is 0 Å². The van der Waals surface area contributed by atoms with E-state index in [9.17, 15) is 15.0 Å². The number of nitrogens with one attached hydrogen (secondary N) is 1. The van der Waals surface area contributed by atoms with E-state index in [1.807, 2.05) is 13.8 Å². The molecule has 0 aliphatic rings. The van der Waals surface area contributed by atoms with Gasteiger partial charge in [0.1, 0.15) is 11.5 Å². The molecule has 0 unspecified atom stereocenters. The van der Waals surface area contributed by atoms with E-state index >= 15 is 0 Å². The van der Waals surface area contributed by atoms with Gasteiger partial charge in [0.05, 0.1) is 0 Å². The Morgan fingerprint density at radius 2 is 1.82 bits per heavy atom. The highest BCUT2D eigenvalue weighted by Crippen LogP contribution is 2.21. The molecule has 1 amide bonds. The topological polar surface area (TPSA) is 69.6 Å². The van der Waals surface area contributed by atoms with Crippen LogP contribution >= 0.6 is 11.6 Å². The van der Waals surface area contributed by atoms with Crippen LogP contribution in [0.4, 0.5) is 0 Å². The van der Waals surface area contributed by atoms with Crippen LogP contribution in [0.25, 0.3) is 0 Å². The highest BCUT2D eigenvalue weighted by Gasteiger charge is 2.18. The number of aromatic hydroxyl groups is 2. The lowest BCUT2D eigenvalue weighted by Gasteiger charge is -2.21. The average molecular weight is 258 g/mol. The minimum Gasteiger partial charge on any atom is -0.508 e. The van der Waals surface area contributed by atoms with Gasteiger partial charge in [-0.3, -0.25) is 4.79 Å². The van der Waals surface area contributed by atoms with Crippen molar-refractivity contribution in [3.05, 3.63) is 23.8 Å². The smallest absolute Gasteiger partial charge is 0.251 e. The molecule has 94 valence electrons. The Balaban J connectivity index is 2.70. The second-order valence-corrected chi connectivity index (χ2v) is 4.99. The zero-order valence-corrected chi connectivity index (χ0v) is 10.6. The molecule has 0 aromatic heterocycles. The van der Waals surface area contributed by atoms with E-state index in [1.165, 1.54) is 18.2 Å². The van der Waals surface area contributed by atoms with Gasteiger partial charge >= 0.3 is 0 Å². The van der Waals surface area contributed by atoms with E-state index in [-0.39, 0.29) is 28.4 Å². The van der Waals surface area contributed by atoms with E-state index in [0.29, 0.717) is 12.4 Å². The summed E-state index contributed by atoms with van der Waals surface area (Å²) in [6, 6.07) is 3.75. The number of phenols is 2. The molecule has 0 bridgehead atoms. The van der Waals surface area contributed by atoms with Crippen molar-refractivity contribution < 1.29 is 15.0 Å². The summed E-state index contributed by atoms with van der Waals surface area (Å²) in [7, 11) is 0. The summed E-state index contributed by atoms with van der Waals surface area (Å²) in [5.41, 5.74) is 0.0173. The first kappa shape index (κ1) is 13.6. The van der Waals surface area contributed by atoms with Crippen molar-refractivity contribution in [3.8, 4) is 11.5 Å². The average Bonchev–Trinajstić information content (AvgIpc) is 2.24. The number of halogens is 1. The van der Waals surface area contributed by atoms with Crippen LogP contribution in [0.3, 0.4) is 0 Å². The number of carbonyl (C=O) groups excluding carboxylic acids is 1. The van der Waals surface area contributed by atoms with Gasteiger partial charge in [-0.15, -0.1) is 11.6 Å². The van der Waals surface area contributed by atoms with Crippen LogP contribution in [-0.2, 0) is 0 Å². The molecule has 0 heterocycles. The monoisotopic (exact) mass is 257 g/mol. The first-order valence-electron chi connectivity index (χ1n) is 5.21. The SMILES string of the molecule is CC(C)(CCl)CNC(=O)c1cc(O)cc(O)c1. The van der Waals surface area contributed by atoms with Crippen molar-refractivity contribution in [3.63, 3.8) is 0 Å². The second-order valence-electron chi connectivity index (χ2n) is 4.72. The molecule has 5 heteroatoms. The Hall–Kier alpha value is -1.42. The molecule has 0 saturated heterocycles. The van der Waals surface area contributed by atoms with Crippen molar-refractivity contribution in [2.45, 2.75) is 13.8 Å². The minimum absolute atomic E-state index is 0.147. The standard InChI is InChI=1S/C12H16ClNO3/c1-12(2,6-13)7-14-11(17)8-3-9(15)5-10(16)4-8/h3-5,15-16H,6-7H2,1-2H3,(H,14,17). The van der Waals surface area contributed by atoms with Gasteiger partial charge in [-0.05, 0) is 17.5 Å². The van der Waals surface area contributed by atoms with E-state index in [4.69, 9.17) is 11.6 Å². The summed E-state index contributed by atoms with van der Waals surface area (Å²) in [6.45, 7) is 4.28. The van der Waals surface area contributed by atoms with Crippen molar-refractivity contribution >= 4 is 17.5 Å². The molecule has 0 aliphatic carbocycles. The Kier molecular flexibility index (Phi) is 4.23. The molecule has 0 atom stereocenters. The molecular weight excluding hydrogens is 242 g/mol. The van der Waals surface area contributed by atoms with Crippen molar-refractivity contribution in [2.24, 2.45) is 5.41 Å². The number of amides is 1. The van der Waals surface area contributed by atoms with Crippen LogP contribution in [0.1, 0.15) is 24.2 Å². The third-order valence-corrected chi connectivity index (χ3v) is 2.98. The van der Waals surface area contributed by atoms with Crippen LogP contribution in [-0.4, -0.2) is 28.5 Å². The molecular formula is C12H16ClNO3. The first-order valence-corrected chi connectivity index (χ1v) is 5.75. The van der Waals surface area contributed by atoms with Gasteiger partial charge in [-0.25, -0.2) is 0 Å². The Morgan fingerprint density at radius 1 is 1.29 bits per heavy atom. The maximum absolute atomic E-state index is 11.7. The van der Waals surface area contributed by atoms with Crippen LogP contribution in [0, 0.1) is 5.41 Å². The normalized spacial score (nSPS) is 11.2. The number of phenolic OH excluding ortho intramolecular Hbond substituents is 2. The van der Waals surface area contributed by atoms with Crippen LogP contribution < -0.4 is 5.32 Å². The number of benzene rings is 1. The molecule has 0 fully saturated rings. The number of carbonyl (C=O) groups is 1. The third kappa shape index (κ3) is 4.15. The fourth-order valence-electron chi connectivity index (χ4n) is 1.20. The Labute approximate surface area is 105 Å². The predicted molar refractivity (Wildman–Crippen MR) is 66.6 cm³/mol. The lowest BCUT2D eigenvalue weighted by atomic mass is 9.96. The van der Waals surface area contributed by atoms with Crippen molar-refractivity contribution in [1.29, 1.82) is 0 Å². The van der Waals surface area contributed by atoms with E-state index in [2.05, 4.69) is 5.32 Å². The summed E-state index contributed by atoms with van der Waals surface area (Å²) in [4.78, 5) is 11.7. The van der Waals surface area contributed by atoms with Crippen LogP contribution in [0.5, 0.6) is 11.5 Å². The van der Waals surface area contributed by atoms with Crippen LogP contribution in [0.15, 0.2) is 18.2 Å². The second kappa shape index (κ2) is 5.27. The van der Waals surface area contributed by atoms with Crippen molar-refractivity contribution in [2.75, 3.05) is 12.4 Å². The summed E-state index contributed by atoms with van der Waals surface area (Å²) < 4.78 is 0. The number of hydrogen-bond acceptors (Lipinski definition) is 3. The lowest BCUT2D eigenvalue weighted by Crippen LogP contribution is -2.34. The predicted octanol–water partition coefficient (Wildman–Crippen LogP) is 2.09. The summed E-state index contributed by atoms with van der Waals surface area (Å²) in [5, 5.41) is 21.2. The fourth-order valence-corrected chi connectivity index (χ4v) is 1.29. The van der Waals surface area contributed by atoms with Gasteiger partial charge in [0.15, 0.2) is 0 Å². The molecule has 17 heavy (non-hydrogen) atoms. The van der Waals surface area contributed by atoms with Gasteiger partial charge in [-0.1, -0.05) is 13.8 Å². The third-order valence-electron chi connectivity index (χ3n) is 2.25. The van der Waals surface area contributed by atoms with Crippen LogP contribution in [0.2, 0.25) is 0 Å². The highest BCUT2D eigenvalue weighted by molar-refractivity contribution is 6.18. The fraction of sp³-hybridized carbons (Fsp3) is 0.417. The molecule has 0 aliphatic heterocycles. The molecule has 3 N–H and O–H groups in total. The number of rotatable bonds is 4. The Bertz CT molecular complexity index is 398. The molecule has 0 spiro atoms. The highest BCUT2D eigenvalue weighted by atomic mass is 35.5. The van der Waals surface area contributed by atoms with Crippen molar-refractivity contribution in [1.82, 2.24) is 5.32 Å². The van der Waals surface area contributed by atoms with Gasteiger partial charge in [0.25, 0.3) is 5.91 Å². The zero-order chi connectivity index (χ0) is 13.1. The summed E-state index contributed by atoms with van der Waals surface area (Å²) in [6.07, 6.45) is 0. The molecule has 4 nitrogen and oxygen atoms in total. The molecule has 0 radical (unpaired) electrons. The molecule has 1 aromatic carbocycles. The van der Waals surface area contributed by atoms with E-state index in [0.717, 1.165) is 0 Å². The lowest BCUT2D eigenvalue weighted by molar-refractivity contribution is 0.0939. The molecule has 1 rings (SSSR count). The molecule has 0 saturated carbocycles.